The molecule has 1 amide bonds. The lowest BCUT2D eigenvalue weighted by molar-refractivity contribution is 0.0952. The van der Waals surface area contributed by atoms with Crippen molar-refractivity contribution in [2.24, 2.45) is 0 Å². The lowest BCUT2D eigenvalue weighted by Crippen LogP contribution is -2.27. The first-order valence-electron chi connectivity index (χ1n) is 9.36. The maximum atomic E-state index is 12.4. The van der Waals surface area contributed by atoms with Crippen LogP contribution in [0.1, 0.15) is 17.3 Å². The Balaban J connectivity index is 1.74. The third kappa shape index (κ3) is 5.54. The molecule has 160 valence electrons. The summed E-state index contributed by atoms with van der Waals surface area (Å²) < 4.78 is 6.84. The number of aromatic nitrogens is 4. The molecule has 0 radical (unpaired) electrons. The van der Waals surface area contributed by atoms with Crippen LogP contribution in [0.5, 0.6) is 0 Å². The van der Waals surface area contributed by atoms with Gasteiger partial charge in [0.15, 0.2) is 10.8 Å². The van der Waals surface area contributed by atoms with Crippen LogP contribution in [-0.4, -0.2) is 58.2 Å². The molecule has 0 fully saturated rings. The molecule has 3 aromatic rings. The van der Waals surface area contributed by atoms with Crippen molar-refractivity contribution in [1.82, 2.24) is 25.1 Å². The zero-order chi connectivity index (χ0) is 21.5. The number of amides is 1. The predicted molar refractivity (Wildman–Crippen MR) is 121 cm³/mol. The summed E-state index contributed by atoms with van der Waals surface area (Å²) in [4.78, 5) is 21.6. The summed E-state index contributed by atoms with van der Waals surface area (Å²) in [5.41, 5.74) is 1.04. The largest absolute Gasteiger partial charge is 0.383 e. The average molecular weight is 469 g/mol. The average Bonchev–Trinajstić information content (AvgIpc) is 3.13. The second-order valence-corrected chi connectivity index (χ2v) is 8.27. The van der Waals surface area contributed by atoms with Crippen molar-refractivity contribution in [2.45, 2.75) is 18.6 Å². The maximum absolute atomic E-state index is 12.4. The molecular weight excluding hydrogens is 447 g/mol. The van der Waals surface area contributed by atoms with E-state index in [0.717, 1.165) is 11.1 Å². The van der Waals surface area contributed by atoms with E-state index in [9.17, 15) is 4.79 Å². The van der Waals surface area contributed by atoms with E-state index < -0.39 is 0 Å². The van der Waals surface area contributed by atoms with Crippen LogP contribution in [0.2, 0.25) is 10.0 Å². The molecular formula is C19H22Cl2N6O2S. The molecule has 11 heteroatoms. The number of anilines is 1. The highest BCUT2D eigenvalue weighted by Gasteiger charge is 2.14. The van der Waals surface area contributed by atoms with Crippen molar-refractivity contribution in [3.05, 3.63) is 40.0 Å². The first-order valence-corrected chi connectivity index (χ1v) is 11.1. The van der Waals surface area contributed by atoms with E-state index in [-0.39, 0.29) is 5.91 Å². The third-order valence-electron chi connectivity index (χ3n) is 4.13. The van der Waals surface area contributed by atoms with Gasteiger partial charge < -0.3 is 15.4 Å². The van der Waals surface area contributed by atoms with Crippen LogP contribution in [0.3, 0.4) is 0 Å². The smallest absolute Gasteiger partial charge is 0.252 e. The highest BCUT2D eigenvalue weighted by molar-refractivity contribution is 7.99. The molecule has 8 nitrogen and oxygen atoms in total. The van der Waals surface area contributed by atoms with Crippen LogP contribution >= 0.6 is 35.0 Å². The van der Waals surface area contributed by atoms with Crippen molar-refractivity contribution in [3.8, 4) is 0 Å². The Morgan fingerprint density at radius 2 is 2.10 bits per heavy atom. The Bertz CT molecular complexity index is 1030. The van der Waals surface area contributed by atoms with Crippen molar-refractivity contribution < 1.29 is 9.53 Å². The minimum Gasteiger partial charge on any atom is -0.383 e. The highest BCUT2D eigenvalue weighted by atomic mass is 35.5. The first kappa shape index (κ1) is 22.6. The van der Waals surface area contributed by atoms with Gasteiger partial charge in [-0.1, -0.05) is 41.9 Å². The van der Waals surface area contributed by atoms with Gasteiger partial charge in [0.1, 0.15) is 5.82 Å². The molecule has 1 aromatic carbocycles. The van der Waals surface area contributed by atoms with Gasteiger partial charge in [-0.25, -0.2) is 14.6 Å². The van der Waals surface area contributed by atoms with E-state index >= 15 is 0 Å². The van der Waals surface area contributed by atoms with E-state index in [4.69, 9.17) is 27.9 Å². The van der Waals surface area contributed by atoms with Crippen LogP contribution in [-0.2, 0) is 11.3 Å². The van der Waals surface area contributed by atoms with Gasteiger partial charge in [-0.3, -0.25) is 4.79 Å². The van der Waals surface area contributed by atoms with E-state index in [1.165, 1.54) is 0 Å². The Morgan fingerprint density at radius 1 is 1.27 bits per heavy atom. The molecule has 2 aromatic heterocycles. The van der Waals surface area contributed by atoms with E-state index in [0.29, 0.717) is 58.5 Å². The molecule has 0 aliphatic carbocycles. The highest BCUT2D eigenvalue weighted by Crippen LogP contribution is 2.24. The van der Waals surface area contributed by atoms with Crippen molar-refractivity contribution in [3.63, 3.8) is 0 Å². The summed E-state index contributed by atoms with van der Waals surface area (Å²) in [6, 6.07) is 4.78. The molecule has 0 saturated carbocycles. The zero-order valence-corrected chi connectivity index (χ0v) is 18.9. The summed E-state index contributed by atoms with van der Waals surface area (Å²) in [6.07, 6.45) is 1.72. The molecule has 0 aliphatic rings. The van der Waals surface area contributed by atoms with Gasteiger partial charge in [-0.15, -0.1) is 0 Å². The van der Waals surface area contributed by atoms with Gasteiger partial charge in [-0.05, 0) is 24.0 Å². The van der Waals surface area contributed by atoms with Crippen LogP contribution in [0, 0.1) is 0 Å². The molecule has 0 aliphatic heterocycles. The van der Waals surface area contributed by atoms with Gasteiger partial charge >= 0.3 is 0 Å². The molecule has 0 atom stereocenters. The lowest BCUT2D eigenvalue weighted by atomic mass is 10.2. The molecule has 0 bridgehead atoms. The molecule has 0 spiro atoms. The molecule has 2 heterocycles. The zero-order valence-electron chi connectivity index (χ0n) is 16.6. The number of hydrogen-bond acceptors (Lipinski definition) is 7. The van der Waals surface area contributed by atoms with Gasteiger partial charge in [0, 0.05) is 25.2 Å². The van der Waals surface area contributed by atoms with E-state index in [1.807, 2.05) is 6.92 Å². The number of nitrogens with zero attached hydrogens (tertiary/aromatic N) is 4. The molecule has 3 rings (SSSR count). The molecule has 0 unspecified atom stereocenters. The standard InChI is InChI=1S/C19H22Cl2N6O2S/c1-3-30-19-25-16(22-7-9-29-2)14-11-24-27(17(14)26-19)8-6-23-18(28)13-10-12(20)4-5-15(13)21/h4-5,10-11H,3,6-9H2,1-2H3,(H,23,28)(H,22,25,26). The number of hydrogen-bond donors (Lipinski definition) is 2. The van der Waals surface area contributed by atoms with Gasteiger partial charge in [0.2, 0.25) is 0 Å². The van der Waals surface area contributed by atoms with Crippen molar-refractivity contribution in [1.29, 1.82) is 0 Å². The van der Waals surface area contributed by atoms with Crippen LogP contribution < -0.4 is 10.6 Å². The lowest BCUT2D eigenvalue weighted by Gasteiger charge is -2.10. The van der Waals surface area contributed by atoms with Crippen LogP contribution in [0.4, 0.5) is 5.82 Å². The molecule has 30 heavy (non-hydrogen) atoms. The van der Waals surface area contributed by atoms with Crippen molar-refractivity contribution in [2.75, 3.05) is 37.9 Å². The fourth-order valence-electron chi connectivity index (χ4n) is 2.74. The number of fused-ring (bicyclic) bond motifs is 1. The number of methoxy groups -OCH3 is 1. The quantitative estimate of drug-likeness (QED) is 0.266. The SMILES string of the molecule is CCSc1nc(NCCOC)c2cnn(CCNC(=O)c3cc(Cl)ccc3Cl)c2n1. The van der Waals surface area contributed by atoms with Gasteiger partial charge in [0.05, 0.1) is 35.3 Å². The Kier molecular flexibility index (Phi) is 8.15. The molecule has 0 saturated heterocycles. The minimum atomic E-state index is -0.294. The monoisotopic (exact) mass is 468 g/mol. The van der Waals surface area contributed by atoms with Gasteiger partial charge in [0.25, 0.3) is 5.91 Å². The second-order valence-electron chi connectivity index (χ2n) is 6.19. The number of nitrogens with one attached hydrogen (secondary N) is 2. The normalized spacial score (nSPS) is 11.1. The summed E-state index contributed by atoms with van der Waals surface area (Å²) in [6.45, 7) is 4.03. The minimum absolute atomic E-state index is 0.294. The van der Waals surface area contributed by atoms with Crippen LogP contribution in [0.15, 0.2) is 29.6 Å². The number of thioether (sulfide) groups is 1. The summed E-state index contributed by atoms with van der Waals surface area (Å²) in [7, 11) is 1.65. The van der Waals surface area contributed by atoms with E-state index in [2.05, 4.69) is 25.7 Å². The summed E-state index contributed by atoms with van der Waals surface area (Å²) in [5, 5.41) is 12.8. The molecule has 2 N–H and O–H groups in total. The number of carbonyl (C=O) groups excluding carboxylic acids is 1. The summed E-state index contributed by atoms with van der Waals surface area (Å²) >= 11 is 13.6. The summed E-state index contributed by atoms with van der Waals surface area (Å²) in [5.74, 6) is 1.28. The first-order chi connectivity index (χ1) is 14.5. The number of carbonyl (C=O) groups is 1. The van der Waals surface area contributed by atoms with Gasteiger partial charge in [-0.2, -0.15) is 5.10 Å². The fourth-order valence-corrected chi connectivity index (χ4v) is 3.68. The second kappa shape index (κ2) is 10.8. The van der Waals surface area contributed by atoms with E-state index in [1.54, 1.807) is 47.9 Å². The number of rotatable bonds is 10. The Labute approximate surface area is 188 Å². The topological polar surface area (TPSA) is 94.0 Å². The predicted octanol–water partition coefficient (Wildman–Crippen LogP) is 3.73. The third-order valence-corrected chi connectivity index (χ3v) is 5.42. The Morgan fingerprint density at radius 3 is 2.87 bits per heavy atom. The van der Waals surface area contributed by atoms with Crippen molar-refractivity contribution >= 4 is 57.7 Å². The number of halogens is 2. The number of ether oxygens (including phenoxy) is 1. The number of benzene rings is 1. The maximum Gasteiger partial charge on any atom is 0.252 e. The fraction of sp³-hybridized carbons (Fsp3) is 0.368. The van der Waals surface area contributed by atoms with Crippen LogP contribution in [0.25, 0.3) is 11.0 Å². The Hall–Kier alpha value is -2.07.